The average molecular weight is 448 g/mol. The van der Waals surface area contributed by atoms with Crippen molar-refractivity contribution in [2.75, 3.05) is 49.9 Å². The molecule has 0 amide bonds. The number of hydrogen-bond donors (Lipinski definition) is 2. The van der Waals surface area contributed by atoms with E-state index in [9.17, 15) is 4.21 Å². The first kappa shape index (κ1) is 24.1. The van der Waals surface area contributed by atoms with Crippen molar-refractivity contribution in [1.29, 1.82) is 0 Å². The highest BCUT2D eigenvalue weighted by Crippen LogP contribution is 2.23. The van der Waals surface area contributed by atoms with Gasteiger partial charge in [0.25, 0.3) is 0 Å². The topological polar surface area (TPSA) is 60.0 Å². The molecule has 7 heteroatoms. The van der Waals surface area contributed by atoms with E-state index < -0.39 is 10.8 Å². The largest absolute Gasteiger partial charge is 0.369 e. The minimum atomic E-state index is -0.695. The Balaban J connectivity index is 1.49. The second-order valence-electron chi connectivity index (χ2n) is 8.73. The molecule has 1 heterocycles. The van der Waals surface area contributed by atoms with Gasteiger partial charge in [0.1, 0.15) is 0 Å². The summed E-state index contributed by atoms with van der Waals surface area (Å²) in [5.41, 5.74) is 1.32. The fourth-order valence-electron chi connectivity index (χ4n) is 4.66. The molecule has 4 unspecified atom stereocenters. The summed E-state index contributed by atoms with van der Waals surface area (Å²) in [5, 5.41) is 7.37. The van der Waals surface area contributed by atoms with Crippen LogP contribution in [-0.2, 0) is 10.8 Å². The maximum atomic E-state index is 12.3. The van der Waals surface area contributed by atoms with Crippen LogP contribution >= 0.6 is 0 Å². The zero-order valence-electron chi connectivity index (χ0n) is 19.6. The Kier molecular flexibility index (Phi) is 9.65. The number of hydrogen-bond acceptors (Lipinski definition) is 4. The van der Waals surface area contributed by atoms with Crippen LogP contribution in [0.2, 0.25) is 0 Å². The second-order valence-corrected chi connectivity index (χ2v) is 10.7. The standard InChI is InChI=1S/C24H41N5OS/c1-4-25-24(27-21-10-9-13-23(18-21)31(30)5-2)26-19-20(3)28-14-16-29(17-15-28)22-11-7-6-8-12-22/h6-8,11-12,20-21,23H,4-5,9-10,13-19H2,1-3H3,(H2,25,26,27). The summed E-state index contributed by atoms with van der Waals surface area (Å²) in [4.78, 5) is 9.93. The summed E-state index contributed by atoms with van der Waals surface area (Å²) >= 11 is 0. The smallest absolute Gasteiger partial charge is 0.191 e. The number of rotatable bonds is 8. The van der Waals surface area contributed by atoms with Crippen molar-refractivity contribution < 1.29 is 4.21 Å². The number of nitrogens with one attached hydrogen (secondary N) is 2. The van der Waals surface area contributed by atoms with Crippen molar-refractivity contribution >= 4 is 22.4 Å². The molecule has 2 fully saturated rings. The average Bonchev–Trinajstić information content (AvgIpc) is 2.83. The Labute approximate surface area is 191 Å². The summed E-state index contributed by atoms with van der Waals surface area (Å²) in [7, 11) is -0.695. The number of anilines is 1. The Morgan fingerprint density at radius 3 is 2.58 bits per heavy atom. The highest BCUT2D eigenvalue weighted by atomic mass is 32.2. The molecule has 3 rings (SSSR count). The first-order valence-electron chi connectivity index (χ1n) is 12.1. The van der Waals surface area contributed by atoms with Crippen molar-refractivity contribution in [3.63, 3.8) is 0 Å². The lowest BCUT2D eigenvalue weighted by Crippen LogP contribution is -2.51. The van der Waals surface area contributed by atoms with E-state index >= 15 is 0 Å². The van der Waals surface area contributed by atoms with Gasteiger partial charge in [0.05, 0.1) is 6.54 Å². The predicted molar refractivity (Wildman–Crippen MR) is 134 cm³/mol. The predicted octanol–water partition coefficient (Wildman–Crippen LogP) is 2.83. The third kappa shape index (κ3) is 7.21. The van der Waals surface area contributed by atoms with E-state index in [0.717, 1.165) is 76.7 Å². The Bertz CT molecular complexity index is 705. The summed E-state index contributed by atoms with van der Waals surface area (Å²) in [6, 6.07) is 11.5. The molecule has 0 aromatic heterocycles. The number of nitrogens with zero attached hydrogens (tertiary/aromatic N) is 3. The van der Waals surface area contributed by atoms with Gasteiger partial charge < -0.3 is 15.5 Å². The van der Waals surface area contributed by atoms with Gasteiger partial charge in [0.2, 0.25) is 0 Å². The molecule has 0 radical (unpaired) electrons. The molecule has 2 aliphatic rings. The van der Waals surface area contributed by atoms with Gasteiger partial charge in [-0.25, -0.2) is 0 Å². The van der Waals surface area contributed by atoms with Crippen LogP contribution in [0.4, 0.5) is 5.69 Å². The van der Waals surface area contributed by atoms with E-state index in [2.05, 4.69) is 64.6 Å². The number of aliphatic imine (C=N–C) groups is 1. The van der Waals surface area contributed by atoms with E-state index in [1.807, 2.05) is 6.92 Å². The Hall–Kier alpha value is -1.60. The van der Waals surface area contributed by atoms with Crippen molar-refractivity contribution in [3.8, 4) is 0 Å². The number of para-hydroxylation sites is 1. The molecule has 1 saturated carbocycles. The fourth-order valence-corrected chi connectivity index (χ4v) is 6.01. The van der Waals surface area contributed by atoms with Gasteiger partial charge >= 0.3 is 0 Å². The maximum absolute atomic E-state index is 12.3. The molecule has 6 nitrogen and oxygen atoms in total. The van der Waals surface area contributed by atoms with Crippen LogP contribution in [0.3, 0.4) is 0 Å². The lowest BCUT2D eigenvalue weighted by Gasteiger charge is -2.38. The van der Waals surface area contributed by atoms with Gasteiger partial charge in [-0.05, 0) is 45.2 Å². The first-order chi connectivity index (χ1) is 15.1. The first-order valence-corrected chi connectivity index (χ1v) is 13.4. The molecule has 31 heavy (non-hydrogen) atoms. The second kappa shape index (κ2) is 12.4. The number of benzene rings is 1. The minimum Gasteiger partial charge on any atom is -0.369 e. The zero-order chi connectivity index (χ0) is 22.1. The van der Waals surface area contributed by atoms with Crippen molar-refractivity contribution in [2.24, 2.45) is 4.99 Å². The highest BCUT2D eigenvalue weighted by Gasteiger charge is 2.26. The van der Waals surface area contributed by atoms with Crippen molar-refractivity contribution in [2.45, 2.75) is 63.8 Å². The third-order valence-electron chi connectivity index (χ3n) is 6.54. The molecule has 1 saturated heterocycles. The molecule has 1 aliphatic heterocycles. The summed E-state index contributed by atoms with van der Waals surface area (Å²) in [5.74, 6) is 1.67. The number of piperazine rings is 1. The monoisotopic (exact) mass is 447 g/mol. The molecule has 4 atom stereocenters. The van der Waals surface area contributed by atoms with Gasteiger partial charge in [0.15, 0.2) is 5.96 Å². The molecular formula is C24H41N5OS. The summed E-state index contributed by atoms with van der Waals surface area (Å²) in [6.07, 6.45) is 4.37. The molecule has 0 bridgehead atoms. The van der Waals surface area contributed by atoms with Gasteiger partial charge in [0, 0.05) is 72.3 Å². The van der Waals surface area contributed by atoms with Crippen LogP contribution < -0.4 is 15.5 Å². The fraction of sp³-hybridized carbons (Fsp3) is 0.708. The van der Waals surface area contributed by atoms with E-state index in [1.54, 1.807) is 0 Å². The van der Waals surface area contributed by atoms with E-state index in [4.69, 9.17) is 4.99 Å². The van der Waals surface area contributed by atoms with E-state index in [0.29, 0.717) is 17.3 Å². The van der Waals surface area contributed by atoms with Crippen LogP contribution in [0.15, 0.2) is 35.3 Å². The SMILES string of the molecule is CCNC(=NCC(C)N1CCN(c2ccccc2)CC1)NC1CCCC(S(=O)CC)C1. The molecule has 2 N–H and O–H groups in total. The quantitative estimate of drug-likeness (QED) is 0.474. The van der Waals surface area contributed by atoms with Gasteiger partial charge in [-0.2, -0.15) is 0 Å². The van der Waals surface area contributed by atoms with Gasteiger partial charge in [-0.1, -0.05) is 31.5 Å². The van der Waals surface area contributed by atoms with Crippen LogP contribution in [0.25, 0.3) is 0 Å². The van der Waals surface area contributed by atoms with Crippen LogP contribution in [0.5, 0.6) is 0 Å². The molecule has 1 aliphatic carbocycles. The summed E-state index contributed by atoms with van der Waals surface area (Å²) < 4.78 is 12.3. The van der Waals surface area contributed by atoms with Crippen LogP contribution in [0.1, 0.15) is 46.5 Å². The highest BCUT2D eigenvalue weighted by molar-refractivity contribution is 7.85. The van der Waals surface area contributed by atoms with Crippen molar-refractivity contribution in [1.82, 2.24) is 15.5 Å². The molecule has 1 aromatic carbocycles. The summed E-state index contributed by atoms with van der Waals surface area (Å²) in [6.45, 7) is 12.3. The van der Waals surface area contributed by atoms with Gasteiger partial charge in [-0.3, -0.25) is 14.1 Å². The maximum Gasteiger partial charge on any atom is 0.191 e. The minimum absolute atomic E-state index is 0.332. The Morgan fingerprint density at radius 1 is 1.16 bits per heavy atom. The van der Waals surface area contributed by atoms with E-state index in [-0.39, 0.29) is 0 Å². The van der Waals surface area contributed by atoms with Crippen LogP contribution in [0, 0.1) is 0 Å². The zero-order valence-corrected chi connectivity index (χ0v) is 20.4. The third-order valence-corrected chi connectivity index (χ3v) is 8.28. The van der Waals surface area contributed by atoms with E-state index in [1.165, 1.54) is 5.69 Å². The normalized spacial score (nSPS) is 25.1. The van der Waals surface area contributed by atoms with Crippen molar-refractivity contribution in [3.05, 3.63) is 30.3 Å². The number of guanidine groups is 1. The lowest BCUT2D eigenvalue weighted by molar-refractivity contribution is 0.201. The molecular weight excluding hydrogens is 406 g/mol. The molecule has 0 spiro atoms. The molecule has 174 valence electrons. The Morgan fingerprint density at radius 2 is 1.90 bits per heavy atom. The molecule has 1 aromatic rings. The van der Waals surface area contributed by atoms with Gasteiger partial charge in [-0.15, -0.1) is 0 Å². The lowest BCUT2D eigenvalue weighted by atomic mass is 9.95. The van der Waals surface area contributed by atoms with Crippen LogP contribution in [-0.4, -0.2) is 77.4 Å².